The van der Waals surface area contributed by atoms with E-state index < -0.39 is 0 Å². The minimum Gasteiger partial charge on any atom is -0.493 e. The lowest BCUT2D eigenvalue weighted by molar-refractivity contribution is -0.123. The van der Waals surface area contributed by atoms with Crippen molar-refractivity contribution in [1.82, 2.24) is 5.32 Å². The Morgan fingerprint density at radius 2 is 1.68 bits per heavy atom. The summed E-state index contributed by atoms with van der Waals surface area (Å²) in [6.45, 7) is 0.659. The molecule has 7 nitrogen and oxygen atoms in total. The summed E-state index contributed by atoms with van der Waals surface area (Å²) in [6.07, 6.45) is 0.203. The molecular weight excluding hydrogens is 396 g/mol. The first kappa shape index (κ1) is 22.1. The van der Waals surface area contributed by atoms with Gasteiger partial charge in [0.1, 0.15) is 6.61 Å². The third-order valence-electron chi connectivity index (χ3n) is 4.67. The van der Waals surface area contributed by atoms with E-state index in [4.69, 9.17) is 14.2 Å². The largest absolute Gasteiger partial charge is 0.493 e. The van der Waals surface area contributed by atoms with Crippen LogP contribution in [0.1, 0.15) is 5.56 Å². The average Bonchev–Trinajstić information content (AvgIpc) is 2.78. The van der Waals surface area contributed by atoms with Crippen LogP contribution in [-0.2, 0) is 20.7 Å². The second-order valence-electron chi connectivity index (χ2n) is 6.85. The van der Waals surface area contributed by atoms with Gasteiger partial charge >= 0.3 is 0 Å². The second-order valence-corrected chi connectivity index (χ2v) is 6.85. The summed E-state index contributed by atoms with van der Waals surface area (Å²) in [5.74, 6) is 0.499. The molecule has 3 rings (SSSR count). The number of fused-ring (bicyclic) bond motifs is 1. The summed E-state index contributed by atoms with van der Waals surface area (Å²) < 4.78 is 15.9. The predicted octanol–water partition coefficient (Wildman–Crippen LogP) is 3.17. The summed E-state index contributed by atoms with van der Waals surface area (Å²) in [7, 11) is 3.13. The molecule has 0 fully saturated rings. The number of benzene rings is 3. The Kier molecular flexibility index (Phi) is 7.84. The number of hydrogen-bond donors (Lipinski definition) is 2. The molecule has 0 aliphatic rings. The van der Waals surface area contributed by atoms with Crippen LogP contribution in [0, 0.1) is 0 Å². The van der Waals surface area contributed by atoms with Gasteiger partial charge in [-0.3, -0.25) is 9.59 Å². The normalized spacial score (nSPS) is 10.5. The van der Waals surface area contributed by atoms with E-state index in [2.05, 4.69) is 10.6 Å². The van der Waals surface area contributed by atoms with Crippen LogP contribution >= 0.6 is 0 Å². The number of hydrogen-bond acceptors (Lipinski definition) is 5. The summed E-state index contributed by atoms with van der Waals surface area (Å²) in [5.41, 5.74) is 1.46. The van der Waals surface area contributed by atoms with Gasteiger partial charge in [0, 0.05) is 18.9 Å². The fraction of sp³-hybridized carbons (Fsp3) is 0.250. The highest BCUT2D eigenvalue weighted by Crippen LogP contribution is 2.30. The molecule has 31 heavy (non-hydrogen) atoms. The molecule has 162 valence electrons. The average molecular weight is 422 g/mol. The van der Waals surface area contributed by atoms with Crippen LogP contribution in [0.25, 0.3) is 10.8 Å². The first-order chi connectivity index (χ1) is 15.1. The zero-order valence-corrected chi connectivity index (χ0v) is 17.6. The van der Waals surface area contributed by atoms with Crippen molar-refractivity contribution in [2.24, 2.45) is 0 Å². The fourth-order valence-corrected chi connectivity index (χ4v) is 3.17. The molecule has 0 aliphatic carbocycles. The monoisotopic (exact) mass is 422 g/mol. The van der Waals surface area contributed by atoms with Gasteiger partial charge < -0.3 is 24.8 Å². The molecule has 0 spiro atoms. The highest BCUT2D eigenvalue weighted by molar-refractivity contribution is 5.96. The van der Waals surface area contributed by atoms with E-state index in [9.17, 15) is 9.59 Å². The number of nitrogens with one attached hydrogen (secondary N) is 2. The minimum atomic E-state index is -0.334. The van der Waals surface area contributed by atoms with Gasteiger partial charge in [0.05, 0.1) is 26.7 Å². The number of methoxy groups -OCH3 is 2. The van der Waals surface area contributed by atoms with Gasteiger partial charge in [-0.15, -0.1) is 0 Å². The summed E-state index contributed by atoms with van der Waals surface area (Å²) >= 11 is 0. The van der Waals surface area contributed by atoms with Crippen molar-refractivity contribution >= 4 is 28.3 Å². The lowest BCUT2D eigenvalue weighted by Crippen LogP contribution is -2.33. The summed E-state index contributed by atoms with van der Waals surface area (Å²) in [6, 6.07) is 18.8. The van der Waals surface area contributed by atoms with Crippen molar-refractivity contribution in [3.8, 4) is 11.5 Å². The maximum Gasteiger partial charge on any atom is 0.243 e. The third kappa shape index (κ3) is 6.20. The van der Waals surface area contributed by atoms with Gasteiger partial charge in [-0.25, -0.2) is 0 Å². The molecule has 0 bridgehead atoms. The molecule has 0 saturated carbocycles. The molecule has 7 heteroatoms. The first-order valence-electron chi connectivity index (χ1n) is 9.93. The Morgan fingerprint density at radius 1 is 0.871 bits per heavy atom. The Hall–Kier alpha value is -3.58. The predicted molar refractivity (Wildman–Crippen MR) is 120 cm³/mol. The number of anilines is 1. The van der Waals surface area contributed by atoms with E-state index in [1.54, 1.807) is 32.4 Å². The topological polar surface area (TPSA) is 85.9 Å². The molecule has 0 heterocycles. The number of amides is 2. The van der Waals surface area contributed by atoms with E-state index in [1.807, 2.05) is 42.5 Å². The van der Waals surface area contributed by atoms with Gasteiger partial charge in [-0.1, -0.05) is 42.5 Å². The highest BCUT2D eigenvalue weighted by atomic mass is 16.5. The molecule has 2 N–H and O–H groups in total. The number of rotatable bonds is 10. The van der Waals surface area contributed by atoms with Crippen LogP contribution in [0.4, 0.5) is 5.69 Å². The van der Waals surface area contributed by atoms with E-state index in [0.29, 0.717) is 30.4 Å². The van der Waals surface area contributed by atoms with Crippen molar-refractivity contribution in [2.75, 3.05) is 39.3 Å². The zero-order chi connectivity index (χ0) is 22.1. The fourth-order valence-electron chi connectivity index (χ4n) is 3.17. The Morgan fingerprint density at radius 3 is 2.48 bits per heavy atom. The van der Waals surface area contributed by atoms with Crippen molar-refractivity contribution in [1.29, 1.82) is 0 Å². The molecule has 3 aromatic carbocycles. The molecule has 0 atom stereocenters. The molecule has 0 saturated heterocycles. The number of carbonyl (C=O) groups is 2. The van der Waals surface area contributed by atoms with Crippen LogP contribution in [0.5, 0.6) is 11.5 Å². The van der Waals surface area contributed by atoms with Crippen LogP contribution in [0.15, 0.2) is 60.7 Å². The van der Waals surface area contributed by atoms with E-state index >= 15 is 0 Å². The number of carbonyl (C=O) groups excluding carboxylic acids is 2. The lowest BCUT2D eigenvalue weighted by atomic mass is 10.0. The van der Waals surface area contributed by atoms with Crippen LogP contribution < -0.4 is 20.1 Å². The second kappa shape index (κ2) is 11.0. The van der Waals surface area contributed by atoms with Gasteiger partial charge in [0.2, 0.25) is 11.8 Å². The highest BCUT2D eigenvalue weighted by Gasteiger charge is 2.11. The van der Waals surface area contributed by atoms with E-state index in [-0.39, 0.29) is 24.8 Å². The Bertz CT molecular complexity index is 1050. The summed E-state index contributed by atoms with van der Waals surface area (Å²) in [4.78, 5) is 24.6. The summed E-state index contributed by atoms with van der Waals surface area (Å²) in [5, 5.41) is 7.53. The quantitative estimate of drug-likeness (QED) is 0.490. The molecule has 0 aliphatic heterocycles. The molecule has 0 unspecified atom stereocenters. The molecular formula is C24H26N2O5. The van der Waals surface area contributed by atoms with E-state index in [0.717, 1.165) is 16.3 Å². The van der Waals surface area contributed by atoms with Gasteiger partial charge in [-0.2, -0.15) is 0 Å². The Labute approximate surface area is 181 Å². The van der Waals surface area contributed by atoms with Crippen molar-refractivity contribution < 1.29 is 23.8 Å². The maximum absolute atomic E-state index is 12.4. The van der Waals surface area contributed by atoms with Crippen molar-refractivity contribution in [3.63, 3.8) is 0 Å². The molecule has 2 amide bonds. The minimum absolute atomic E-state index is 0.129. The van der Waals surface area contributed by atoms with Gasteiger partial charge in [0.25, 0.3) is 0 Å². The van der Waals surface area contributed by atoms with Crippen molar-refractivity contribution in [2.45, 2.75) is 6.42 Å². The third-order valence-corrected chi connectivity index (χ3v) is 4.67. The van der Waals surface area contributed by atoms with Crippen molar-refractivity contribution in [3.05, 3.63) is 66.2 Å². The molecule has 0 aromatic heterocycles. The van der Waals surface area contributed by atoms with Crippen LogP contribution in [0.3, 0.4) is 0 Å². The van der Waals surface area contributed by atoms with Gasteiger partial charge in [0.15, 0.2) is 11.5 Å². The Balaban J connectivity index is 1.54. The number of ether oxygens (including phenoxy) is 3. The van der Waals surface area contributed by atoms with E-state index in [1.165, 1.54) is 0 Å². The zero-order valence-electron chi connectivity index (χ0n) is 17.6. The maximum atomic E-state index is 12.4. The standard InChI is InChI=1S/C24H26N2O5/c1-29-12-13-31-22-15-19(10-11-21(22)30-2)26-24(28)16-25-23(27)14-18-8-5-7-17-6-3-4-9-20(17)18/h3-11,15H,12-14,16H2,1-2H3,(H,25,27)(H,26,28). The SMILES string of the molecule is COCCOc1cc(NC(=O)CNC(=O)Cc2cccc3ccccc23)ccc1OC. The van der Waals surface area contributed by atoms with Crippen LogP contribution in [-0.4, -0.2) is 45.8 Å². The van der Waals surface area contributed by atoms with Crippen LogP contribution in [0.2, 0.25) is 0 Å². The molecule has 0 radical (unpaired) electrons. The first-order valence-corrected chi connectivity index (χ1v) is 9.93. The lowest BCUT2D eigenvalue weighted by Gasteiger charge is -2.13. The smallest absolute Gasteiger partial charge is 0.243 e. The van der Waals surface area contributed by atoms with Gasteiger partial charge in [-0.05, 0) is 28.5 Å². The molecule has 3 aromatic rings.